The fraction of sp³-hybridized carbons (Fsp3) is 1.00. The molecule has 2 saturated heterocycles. The molecule has 106 valence electrons. The maximum absolute atomic E-state index is 12.0. The first-order chi connectivity index (χ1) is 8.42. The fourth-order valence-electron chi connectivity index (χ4n) is 2.46. The molecule has 0 spiro atoms. The molecule has 0 aromatic rings. The third-order valence-electron chi connectivity index (χ3n) is 3.59. The molecule has 6 nitrogen and oxygen atoms in total. The normalized spacial score (nSPS) is 32.8. The highest BCUT2D eigenvalue weighted by Crippen LogP contribution is 2.21. The van der Waals surface area contributed by atoms with E-state index in [1.54, 1.807) is 0 Å². The van der Waals surface area contributed by atoms with E-state index in [0.717, 1.165) is 6.42 Å². The fourth-order valence-corrected chi connectivity index (χ4v) is 5.86. The van der Waals surface area contributed by atoms with Gasteiger partial charge in [0.1, 0.15) is 0 Å². The lowest BCUT2D eigenvalue weighted by Gasteiger charge is -2.27. The minimum atomic E-state index is -3.30. The van der Waals surface area contributed by atoms with Crippen molar-refractivity contribution >= 4 is 19.9 Å². The van der Waals surface area contributed by atoms with Crippen LogP contribution in [0.15, 0.2) is 0 Å². The molecule has 0 saturated carbocycles. The molecular formula is C10H20N2O4S2. The zero-order chi connectivity index (χ0) is 13.2. The Labute approximate surface area is 109 Å². The van der Waals surface area contributed by atoms with Crippen molar-refractivity contribution < 1.29 is 16.8 Å². The van der Waals surface area contributed by atoms with E-state index in [2.05, 4.69) is 5.32 Å². The molecule has 8 heteroatoms. The van der Waals surface area contributed by atoms with Gasteiger partial charge in [-0.2, -0.15) is 4.31 Å². The molecule has 0 aliphatic carbocycles. The van der Waals surface area contributed by atoms with Gasteiger partial charge in [-0.25, -0.2) is 16.8 Å². The van der Waals surface area contributed by atoms with Gasteiger partial charge in [0.15, 0.2) is 9.84 Å². The van der Waals surface area contributed by atoms with Crippen LogP contribution >= 0.6 is 0 Å². The standard InChI is InChI=1S/C10H20N2O4S2/c13-17(14)7-2-1-3-10(17)9-12-6-4-11-5-8-18(12,15)16/h10-11H,1-9H2. The first-order valence-electron chi connectivity index (χ1n) is 6.32. The second kappa shape index (κ2) is 5.44. The van der Waals surface area contributed by atoms with Crippen molar-refractivity contribution in [3.8, 4) is 0 Å². The molecule has 2 heterocycles. The summed E-state index contributed by atoms with van der Waals surface area (Å²) < 4.78 is 49.1. The van der Waals surface area contributed by atoms with Gasteiger partial charge in [-0.3, -0.25) is 0 Å². The lowest BCUT2D eigenvalue weighted by atomic mass is 10.2. The van der Waals surface area contributed by atoms with Crippen LogP contribution < -0.4 is 5.32 Å². The molecule has 0 bridgehead atoms. The van der Waals surface area contributed by atoms with Crippen LogP contribution in [0, 0.1) is 0 Å². The highest BCUT2D eigenvalue weighted by Gasteiger charge is 2.34. The number of sulfone groups is 1. The number of hydrogen-bond acceptors (Lipinski definition) is 5. The summed E-state index contributed by atoms with van der Waals surface area (Å²) in [7, 11) is -6.41. The highest BCUT2D eigenvalue weighted by molar-refractivity contribution is 7.92. The van der Waals surface area contributed by atoms with Crippen molar-refractivity contribution in [1.29, 1.82) is 0 Å². The van der Waals surface area contributed by atoms with E-state index in [-0.39, 0.29) is 18.1 Å². The van der Waals surface area contributed by atoms with E-state index in [0.29, 0.717) is 32.5 Å². The lowest BCUT2D eigenvalue weighted by molar-refractivity contribution is 0.398. The predicted molar refractivity (Wildman–Crippen MR) is 69.7 cm³/mol. The minimum absolute atomic E-state index is 0.0553. The van der Waals surface area contributed by atoms with Crippen molar-refractivity contribution in [2.75, 3.05) is 37.7 Å². The first-order valence-corrected chi connectivity index (χ1v) is 9.64. The molecular weight excluding hydrogens is 276 g/mol. The Hall–Kier alpha value is -0.180. The van der Waals surface area contributed by atoms with E-state index >= 15 is 0 Å². The first kappa shape index (κ1) is 14.2. The van der Waals surface area contributed by atoms with Crippen molar-refractivity contribution in [1.82, 2.24) is 9.62 Å². The highest BCUT2D eigenvalue weighted by atomic mass is 32.2. The molecule has 18 heavy (non-hydrogen) atoms. The molecule has 0 aromatic carbocycles. The van der Waals surface area contributed by atoms with E-state index in [9.17, 15) is 16.8 Å². The summed E-state index contributed by atoms with van der Waals surface area (Å²) in [6, 6.07) is 0. The van der Waals surface area contributed by atoms with Crippen molar-refractivity contribution in [3.63, 3.8) is 0 Å². The second-order valence-corrected chi connectivity index (χ2v) is 9.40. The van der Waals surface area contributed by atoms with Crippen LogP contribution in [0.25, 0.3) is 0 Å². The summed E-state index contributed by atoms with van der Waals surface area (Å²) >= 11 is 0. The Kier molecular flexibility index (Phi) is 4.30. The zero-order valence-corrected chi connectivity index (χ0v) is 12.0. The number of nitrogens with one attached hydrogen (secondary N) is 1. The number of rotatable bonds is 2. The summed E-state index contributed by atoms with van der Waals surface area (Å²) in [4.78, 5) is 0. The third kappa shape index (κ3) is 3.23. The van der Waals surface area contributed by atoms with Gasteiger partial charge in [0.05, 0.1) is 16.8 Å². The summed E-state index contributed by atoms with van der Waals surface area (Å²) in [5, 5.41) is 2.51. The lowest BCUT2D eigenvalue weighted by Crippen LogP contribution is -2.44. The van der Waals surface area contributed by atoms with Crippen LogP contribution in [0.4, 0.5) is 0 Å². The molecule has 0 amide bonds. The molecule has 2 rings (SSSR count). The Morgan fingerprint density at radius 1 is 1.06 bits per heavy atom. The van der Waals surface area contributed by atoms with Crippen LogP contribution in [0.2, 0.25) is 0 Å². The van der Waals surface area contributed by atoms with Crippen LogP contribution in [0.1, 0.15) is 19.3 Å². The van der Waals surface area contributed by atoms with Gasteiger partial charge in [-0.1, -0.05) is 6.42 Å². The molecule has 0 aromatic heterocycles. The molecule has 2 fully saturated rings. The van der Waals surface area contributed by atoms with Crippen LogP contribution in [0.3, 0.4) is 0 Å². The van der Waals surface area contributed by atoms with Gasteiger partial charge < -0.3 is 5.32 Å². The Morgan fingerprint density at radius 2 is 1.83 bits per heavy atom. The Bertz CT molecular complexity index is 486. The van der Waals surface area contributed by atoms with Gasteiger partial charge in [-0.15, -0.1) is 0 Å². The maximum Gasteiger partial charge on any atom is 0.215 e. The molecule has 0 radical (unpaired) electrons. The second-order valence-electron chi connectivity index (χ2n) is 4.91. The molecule has 2 aliphatic heterocycles. The molecule has 2 aliphatic rings. The summed E-state index contributed by atoms with van der Waals surface area (Å²) in [5.74, 6) is 0.254. The smallest absolute Gasteiger partial charge is 0.215 e. The Morgan fingerprint density at radius 3 is 2.56 bits per heavy atom. The quantitative estimate of drug-likeness (QED) is 0.720. The Balaban J connectivity index is 2.11. The SMILES string of the molecule is O=S1(=O)CCCCC1CN1CCNCCS1(=O)=O. The van der Waals surface area contributed by atoms with Gasteiger partial charge >= 0.3 is 0 Å². The van der Waals surface area contributed by atoms with E-state index in [4.69, 9.17) is 0 Å². The molecule has 1 atom stereocenters. The van der Waals surface area contributed by atoms with Gasteiger partial charge in [0.2, 0.25) is 10.0 Å². The maximum atomic E-state index is 12.0. The van der Waals surface area contributed by atoms with Crippen LogP contribution in [0.5, 0.6) is 0 Å². The summed E-state index contributed by atoms with van der Waals surface area (Å²) in [6.07, 6.45) is 2.16. The number of sulfonamides is 1. The summed E-state index contributed by atoms with van der Waals surface area (Å²) in [5.41, 5.74) is 0. The van der Waals surface area contributed by atoms with E-state index in [1.807, 2.05) is 0 Å². The average Bonchev–Trinajstić information content (AvgIpc) is 2.43. The van der Waals surface area contributed by atoms with Gasteiger partial charge in [0.25, 0.3) is 0 Å². The van der Waals surface area contributed by atoms with Crippen molar-refractivity contribution in [3.05, 3.63) is 0 Å². The largest absolute Gasteiger partial charge is 0.314 e. The van der Waals surface area contributed by atoms with Gasteiger partial charge in [-0.05, 0) is 12.8 Å². The van der Waals surface area contributed by atoms with E-state index < -0.39 is 25.1 Å². The summed E-state index contributed by atoms with van der Waals surface area (Å²) in [6.45, 7) is 1.53. The van der Waals surface area contributed by atoms with Crippen LogP contribution in [-0.4, -0.2) is 64.1 Å². The monoisotopic (exact) mass is 296 g/mol. The molecule has 1 unspecified atom stereocenters. The average molecular weight is 296 g/mol. The third-order valence-corrected chi connectivity index (χ3v) is 7.68. The minimum Gasteiger partial charge on any atom is -0.314 e. The number of nitrogens with zero attached hydrogens (tertiary/aromatic N) is 1. The zero-order valence-electron chi connectivity index (χ0n) is 10.3. The number of hydrogen-bond donors (Lipinski definition) is 1. The topological polar surface area (TPSA) is 83.6 Å². The van der Waals surface area contributed by atoms with Crippen molar-refractivity contribution in [2.45, 2.75) is 24.5 Å². The van der Waals surface area contributed by atoms with E-state index in [1.165, 1.54) is 4.31 Å². The molecule has 1 N–H and O–H groups in total. The van der Waals surface area contributed by atoms with Crippen molar-refractivity contribution in [2.24, 2.45) is 0 Å². The van der Waals surface area contributed by atoms with Gasteiger partial charge in [0, 0.05) is 26.2 Å². The van der Waals surface area contributed by atoms with Crippen LogP contribution in [-0.2, 0) is 19.9 Å². The predicted octanol–water partition coefficient (Wildman–Crippen LogP) is -0.811.